The van der Waals surface area contributed by atoms with Crippen molar-refractivity contribution in [2.45, 2.75) is 51.2 Å². The van der Waals surface area contributed by atoms with Crippen LogP contribution in [0.3, 0.4) is 0 Å². The van der Waals surface area contributed by atoms with Gasteiger partial charge in [-0.15, -0.1) is 0 Å². The van der Waals surface area contributed by atoms with Crippen LogP contribution in [0.25, 0.3) is 11.3 Å². The van der Waals surface area contributed by atoms with Crippen LogP contribution in [-0.2, 0) is 11.3 Å². The van der Waals surface area contributed by atoms with E-state index < -0.39 is 0 Å². The van der Waals surface area contributed by atoms with Crippen molar-refractivity contribution in [3.63, 3.8) is 0 Å². The fraction of sp³-hybridized carbons (Fsp3) is 0.500. The SMILES string of the molecule is CC(C)(CCn1cnc(-c2cccnc2)c1)NCC(=O)N1CCC[C@H]1C=N. The van der Waals surface area contributed by atoms with Crippen LogP contribution in [0, 0.1) is 5.41 Å². The second-order valence-electron chi connectivity index (χ2n) is 7.69. The summed E-state index contributed by atoms with van der Waals surface area (Å²) in [5, 5.41) is 10.8. The van der Waals surface area contributed by atoms with E-state index in [0.717, 1.165) is 43.6 Å². The number of nitrogens with one attached hydrogen (secondary N) is 2. The standard InChI is InChI=1S/C20H28N6O/c1-20(2,24-13-19(27)26-9-4-6-17(26)11-21)7-10-25-14-18(23-15-25)16-5-3-8-22-12-16/h3,5,8,11-12,14-15,17,21,24H,4,6-7,9-10,13H2,1-2H3/t17-/m0/s1. The fourth-order valence-corrected chi connectivity index (χ4v) is 3.33. The van der Waals surface area contributed by atoms with Crippen molar-refractivity contribution in [2.24, 2.45) is 0 Å². The molecule has 7 heteroatoms. The fourth-order valence-electron chi connectivity index (χ4n) is 3.33. The van der Waals surface area contributed by atoms with Gasteiger partial charge in [-0.1, -0.05) is 0 Å². The Morgan fingerprint density at radius 1 is 1.48 bits per heavy atom. The maximum atomic E-state index is 12.4. The maximum Gasteiger partial charge on any atom is 0.237 e. The highest BCUT2D eigenvalue weighted by molar-refractivity contribution is 5.82. The van der Waals surface area contributed by atoms with Crippen molar-refractivity contribution in [3.8, 4) is 11.3 Å². The molecule has 2 aromatic heterocycles. The number of nitrogens with zero attached hydrogens (tertiary/aromatic N) is 4. The van der Waals surface area contributed by atoms with Crippen LogP contribution in [0.1, 0.15) is 33.1 Å². The molecule has 0 aliphatic carbocycles. The molecule has 1 amide bonds. The van der Waals surface area contributed by atoms with E-state index in [2.05, 4.69) is 33.7 Å². The topological polar surface area (TPSA) is 86.9 Å². The van der Waals surface area contributed by atoms with Crippen LogP contribution < -0.4 is 5.32 Å². The monoisotopic (exact) mass is 368 g/mol. The van der Waals surface area contributed by atoms with Crippen molar-refractivity contribution in [2.75, 3.05) is 13.1 Å². The van der Waals surface area contributed by atoms with Crippen LogP contribution in [0.15, 0.2) is 37.1 Å². The quantitative estimate of drug-likeness (QED) is 0.700. The first-order chi connectivity index (χ1) is 13.0. The van der Waals surface area contributed by atoms with Gasteiger partial charge in [0, 0.05) is 49.0 Å². The number of aryl methyl sites for hydroxylation is 1. The van der Waals surface area contributed by atoms with Gasteiger partial charge in [0.25, 0.3) is 0 Å². The van der Waals surface area contributed by atoms with Crippen LogP contribution in [0.4, 0.5) is 0 Å². The lowest BCUT2D eigenvalue weighted by Gasteiger charge is -2.28. The number of carbonyl (C=O) groups is 1. The van der Waals surface area contributed by atoms with Gasteiger partial charge < -0.3 is 20.2 Å². The van der Waals surface area contributed by atoms with Gasteiger partial charge in [0.1, 0.15) is 0 Å². The highest BCUT2D eigenvalue weighted by atomic mass is 16.2. The van der Waals surface area contributed by atoms with Gasteiger partial charge in [0.2, 0.25) is 5.91 Å². The molecule has 0 radical (unpaired) electrons. The molecule has 3 heterocycles. The normalized spacial score (nSPS) is 17.3. The third-order valence-electron chi connectivity index (χ3n) is 5.12. The summed E-state index contributed by atoms with van der Waals surface area (Å²) in [5.41, 5.74) is 1.75. The molecule has 27 heavy (non-hydrogen) atoms. The van der Waals surface area contributed by atoms with E-state index in [0.29, 0.717) is 6.54 Å². The maximum absolute atomic E-state index is 12.4. The first-order valence-electron chi connectivity index (χ1n) is 9.46. The zero-order valence-electron chi connectivity index (χ0n) is 16.1. The number of imidazole rings is 1. The molecule has 2 N–H and O–H groups in total. The molecule has 0 saturated carbocycles. The van der Waals surface area contributed by atoms with Crippen LogP contribution in [0.2, 0.25) is 0 Å². The Bertz CT molecular complexity index is 770. The Morgan fingerprint density at radius 3 is 3.07 bits per heavy atom. The minimum atomic E-state index is -0.172. The van der Waals surface area contributed by atoms with Crippen molar-refractivity contribution in [1.29, 1.82) is 5.41 Å². The largest absolute Gasteiger partial charge is 0.337 e. The molecule has 7 nitrogen and oxygen atoms in total. The van der Waals surface area contributed by atoms with Gasteiger partial charge in [0.15, 0.2) is 0 Å². The van der Waals surface area contributed by atoms with E-state index in [1.165, 1.54) is 6.21 Å². The molecular weight excluding hydrogens is 340 g/mol. The van der Waals surface area contributed by atoms with E-state index in [1.54, 1.807) is 6.20 Å². The zero-order chi connectivity index (χ0) is 19.3. The van der Waals surface area contributed by atoms with Crippen molar-refractivity contribution >= 4 is 12.1 Å². The summed E-state index contributed by atoms with van der Waals surface area (Å²) in [6.45, 7) is 6.10. The summed E-state index contributed by atoms with van der Waals surface area (Å²) in [4.78, 5) is 22.8. The van der Waals surface area contributed by atoms with Gasteiger partial charge in [0.05, 0.1) is 24.6 Å². The summed E-state index contributed by atoms with van der Waals surface area (Å²) >= 11 is 0. The third kappa shape index (κ3) is 5.01. The van der Waals surface area contributed by atoms with E-state index in [9.17, 15) is 4.79 Å². The second kappa shape index (κ2) is 8.43. The number of rotatable bonds is 8. The summed E-state index contributed by atoms with van der Waals surface area (Å²) in [6.07, 6.45) is 11.6. The smallest absolute Gasteiger partial charge is 0.237 e. The summed E-state index contributed by atoms with van der Waals surface area (Å²) in [7, 11) is 0. The number of likely N-dealkylation sites (tertiary alicyclic amines) is 1. The van der Waals surface area contributed by atoms with Crippen molar-refractivity contribution in [3.05, 3.63) is 37.1 Å². The number of amides is 1. The molecule has 1 aliphatic heterocycles. The molecule has 144 valence electrons. The lowest BCUT2D eigenvalue weighted by molar-refractivity contribution is -0.130. The second-order valence-corrected chi connectivity index (χ2v) is 7.69. The van der Waals surface area contributed by atoms with Crippen LogP contribution in [-0.4, -0.2) is 56.2 Å². The summed E-state index contributed by atoms with van der Waals surface area (Å²) in [6, 6.07) is 3.87. The van der Waals surface area contributed by atoms with Crippen molar-refractivity contribution in [1.82, 2.24) is 24.8 Å². The average Bonchev–Trinajstić information content (AvgIpc) is 3.34. The first kappa shape index (κ1) is 19.2. The highest BCUT2D eigenvalue weighted by Gasteiger charge is 2.28. The molecule has 1 saturated heterocycles. The molecule has 1 aliphatic rings. The Kier molecular flexibility index (Phi) is 6.01. The van der Waals surface area contributed by atoms with Gasteiger partial charge in [-0.2, -0.15) is 0 Å². The summed E-state index contributed by atoms with van der Waals surface area (Å²) < 4.78 is 2.07. The van der Waals surface area contributed by atoms with Crippen LogP contribution >= 0.6 is 0 Å². The van der Waals surface area contributed by atoms with E-state index in [1.807, 2.05) is 35.8 Å². The molecule has 0 spiro atoms. The number of hydrogen-bond acceptors (Lipinski definition) is 5. The van der Waals surface area contributed by atoms with Gasteiger partial charge in [-0.25, -0.2) is 4.98 Å². The Morgan fingerprint density at radius 2 is 2.33 bits per heavy atom. The van der Waals surface area contributed by atoms with Gasteiger partial charge >= 0.3 is 0 Å². The molecule has 3 rings (SSSR count). The number of pyridine rings is 1. The Labute approximate surface area is 160 Å². The highest BCUT2D eigenvalue weighted by Crippen LogP contribution is 2.18. The van der Waals surface area contributed by atoms with E-state index >= 15 is 0 Å². The first-order valence-corrected chi connectivity index (χ1v) is 9.46. The van der Waals surface area contributed by atoms with Crippen LogP contribution in [0.5, 0.6) is 0 Å². The number of carbonyl (C=O) groups excluding carboxylic acids is 1. The molecule has 0 bridgehead atoms. The van der Waals surface area contributed by atoms with E-state index in [4.69, 9.17) is 5.41 Å². The average molecular weight is 368 g/mol. The lowest BCUT2D eigenvalue weighted by Crippen LogP contribution is -2.48. The van der Waals surface area contributed by atoms with Gasteiger partial charge in [-0.3, -0.25) is 9.78 Å². The third-order valence-corrected chi connectivity index (χ3v) is 5.12. The minimum Gasteiger partial charge on any atom is -0.337 e. The zero-order valence-corrected chi connectivity index (χ0v) is 16.1. The molecule has 0 unspecified atom stereocenters. The molecular formula is C20H28N6O. The molecule has 2 aromatic rings. The molecule has 0 aromatic carbocycles. The summed E-state index contributed by atoms with van der Waals surface area (Å²) in [5.74, 6) is 0.0792. The Balaban J connectivity index is 1.49. The number of aromatic nitrogens is 3. The van der Waals surface area contributed by atoms with Gasteiger partial charge in [-0.05, 0) is 45.2 Å². The predicted octanol–water partition coefficient (Wildman–Crippen LogP) is 2.34. The Hall–Kier alpha value is -2.54. The number of hydrogen-bond donors (Lipinski definition) is 2. The molecule has 1 atom stereocenters. The molecule has 1 fully saturated rings. The van der Waals surface area contributed by atoms with Crippen molar-refractivity contribution < 1.29 is 4.79 Å². The lowest BCUT2D eigenvalue weighted by atomic mass is 10.0. The minimum absolute atomic E-state index is 0.0285. The van der Waals surface area contributed by atoms with E-state index in [-0.39, 0.29) is 17.5 Å². The predicted molar refractivity (Wildman–Crippen MR) is 106 cm³/mol.